The minimum Gasteiger partial charge on any atom is -0.308 e. The Morgan fingerprint density at radius 3 is 2.62 bits per heavy atom. The molecular formula is C14H24N4O2S. The van der Waals surface area contributed by atoms with Gasteiger partial charge in [0.25, 0.3) is 0 Å². The quantitative estimate of drug-likeness (QED) is 0.797. The van der Waals surface area contributed by atoms with Gasteiger partial charge in [-0.25, -0.2) is 8.42 Å². The van der Waals surface area contributed by atoms with Gasteiger partial charge in [0.2, 0.25) is 10.0 Å². The molecule has 0 amide bonds. The highest BCUT2D eigenvalue weighted by Crippen LogP contribution is 2.37. The van der Waals surface area contributed by atoms with E-state index in [0.29, 0.717) is 34.8 Å². The van der Waals surface area contributed by atoms with E-state index in [2.05, 4.69) is 15.5 Å². The van der Waals surface area contributed by atoms with E-state index >= 15 is 0 Å². The summed E-state index contributed by atoms with van der Waals surface area (Å²) in [4.78, 5) is 0.352. The topological polar surface area (TPSA) is 78.1 Å². The van der Waals surface area contributed by atoms with Crippen molar-refractivity contribution in [3.63, 3.8) is 0 Å². The molecule has 0 saturated heterocycles. The highest BCUT2D eigenvalue weighted by atomic mass is 32.2. The molecule has 3 rings (SSSR count). The molecule has 1 aromatic heterocycles. The second kappa shape index (κ2) is 5.37. The predicted octanol–water partition coefficient (Wildman–Crippen LogP) is 1.39. The van der Waals surface area contributed by atoms with Crippen molar-refractivity contribution < 1.29 is 8.42 Å². The molecule has 7 heteroatoms. The third-order valence-corrected chi connectivity index (χ3v) is 6.76. The standard InChI is InChI=1S/C14H24N4O2S/c1-9-14(13(17-16-9)8-15-12-6-7-12)21(19,20)18(3)10(2)11-4-5-11/h10-12,15H,4-8H2,1-3H3,(H,16,17). The molecule has 118 valence electrons. The summed E-state index contributed by atoms with van der Waals surface area (Å²) in [5.74, 6) is 0.505. The van der Waals surface area contributed by atoms with Gasteiger partial charge in [0, 0.05) is 25.7 Å². The Kier molecular flexibility index (Phi) is 3.83. The average Bonchev–Trinajstić information content (AvgIpc) is 3.33. The molecule has 1 unspecified atom stereocenters. The van der Waals surface area contributed by atoms with E-state index in [-0.39, 0.29) is 6.04 Å². The van der Waals surface area contributed by atoms with Crippen molar-refractivity contribution in [2.45, 2.75) is 63.1 Å². The zero-order valence-electron chi connectivity index (χ0n) is 12.9. The first-order valence-corrected chi connectivity index (χ1v) is 9.10. The van der Waals surface area contributed by atoms with E-state index in [1.165, 1.54) is 17.1 Å². The predicted molar refractivity (Wildman–Crippen MR) is 80.3 cm³/mol. The van der Waals surface area contributed by atoms with Crippen molar-refractivity contribution in [3.8, 4) is 0 Å². The molecule has 6 nitrogen and oxygen atoms in total. The fourth-order valence-electron chi connectivity index (χ4n) is 2.70. The van der Waals surface area contributed by atoms with Crippen molar-refractivity contribution in [3.05, 3.63) is 11.4 Å². The van der Waals surface area contributed by atoms with E-state index in [4.69, 9.17) is 0 Å². The largest absolute Gasteiger partial charge is 0.308 e. The third kappa shape index (κ3) is 3.00. The summed E-state index contributed by atoms with van der Waals surface area (Å²) in [6.07, 6.45) is 4.59. The Labute approximate surface area is 126 Å². The molecule has 0 bridgehead atoms. The Balaban J connectivity index is 1.84. The number of aromatic amines is 1. The summed E-state index contributed by atoms with van der Waals surface area (Å²) in [6, 6.07) is 0.578. The lowest BCUT2D eigenvalue weighted by Gasteiger charge is -2.24. The molecular weight excluding hydrogens is 288 g/mol. The van der Waals surface area contributed by atoms with E-state index in [1.54, 1.807) is 14.0 Å². The van der Waals surface area contributed by atoms with Gasteiger partial charge in [-0.2, -0.15) is 9.40 Å². The number of hydrogen-bond acceptors (Lipinski definition) is 4. The average molecular weight is 312 g/mol. The Bertz CT molecular complexity index is 617. The van der Waals surface area contributed by atoms with Crippen molar-refractivity contribution in [1.82, 2.24) is 19.8 Å². The Hall–Kier alpha value is -0.920. The molecule has 0 aliphatic heterocycles. The fraction of sp³-hybridized carbons (Fsp3) is 0.786. The number of rotatable bonds is 7. The van der Waals surface area contributed by atoms with Crippen LogP contribution in [0.1, 0.15) is 44.0 Å². The number of sulfonamides is 1. The van der Waals surface area contributed by atoms with Gasteiger partial charge in [-0.05, 0) is 45.4 Å². The van der Waals surface area contributed by atoms with Gasteiger partial charge in [0.05, 0.1) is 11.4 Å². The summed E-state index contributed by atoms with van der Waals surface area (Å²) >= 11 is 0. The number of hydrogen-bond donors (Lipinski definition) is 2. The molecule has 2 aliphatic carbocycles. The van der Waals surface area contributed by atoms with Gasteiger partial charge < -0.3 is 5.32 Å². The maximum atomic E-state index is 12.9. The van der Waals surface area contributed by atoms with Crippen LogP contribution in [0.3, 0.4) is 0 Å². The van der Waals surface area contributed by atoms with Gasteiger partial charge in [-0.1, -0.05) is 0 Å². The molecule has 0 aromatic carbocycles. The summed E-state index contributed by atoms with van der Waals surface area (Å²) in [5, 5.41) is 10.4. The first-order chi connectivity index (χ1) is 9.91. The first kappa shape index (κ1) is 15.0. The number of nitrogens with one attached hydrogen (secondary N) is 2. The van der Waals surface area contributed by atoms with Crippen LogP contribution in [-0.2, 0) is 16.6 Å². The van der Waals surface area contributed by atoms with Crippen LogP contribution in [0.5, 0.6) is 0 Å². The van der Waals surface area contributed by atoms with E-state index in [9.17, 15) is 8.42 Å². The smallest absolute Gasteiger partial charge is 0.246 e. The minimum atomic E-state index is -3.49. The molecule has 1 atom stereocenters. The van der Waals surface area contributed by atoms with Gasteiger partial charge in [-0.15, -0.1) is 0 Å². The van der Waals surface area contributed by atoms with Gasteiger partial charge >= 0.3 is 0 Å². The second-order valence-electron chi connectivity index (χ2n) is 6.38. The SMILES string of the molecule is Cc1[nH]nc(CNC2CC2)c1S(=O)(=O)N(C)C(C)C1CC1. The minimum absolute atomic E-state index is 0.0496. The lowest BCUT2D eigenvalue weighted by atomic mass is 10.2. The van der Waals surface area contributed by atoms with Crippen LogP contribution in [0.4, 0.5) is 0 Å². The van der Waals surface area contributed by atoms with Gasteiger partial charge in [-0.3, -0.25) is 5.10 Å². The maximum absolute atomic E-state index is 12.9. The molecule has 1 heterocycles. The van der Waals surface area contributed by atoms with Gasteiger partial charge in [0.15, 0.2) is 0 Å². The second-order valence-corrected chi connectivity index (χ2v) is 8.31. The van der Waals surface area contributed by atoms with Crippen molar-refractivity contribution >= 4 is 10.0 Å². The first-order valence-electron chi connectivity index (χ1n) is 7.66. The number of aromatic nitrogens is 2. The Morgan fingerprint density at radius 1 is 1.38 bits per heavy atom. The number of aryl methyl sites for hydroxylation is 1. The monoisotopic (exact) mass is 312 g/mol. The van der Waals surface area contributed by atoms with Crippen molar-refractivity contribution in [2.75, 3.05) is 7.05 Å². The van der Waals surface area contributed by atoms with Crippen LogP contribution in [-0.4, -0.2) is 42.1 Å². The Morgan fingerprint density at radius 2 is 2.05 bits per heavy atom. The summed E-state index contributed by atoms with van der Waals surface area (Å²) in [7, 11) is -1.81. The van der Waals surface area contributed by atoms with E-state index in [0.717, 1.165) is 12.8 Å². The summed E-state index contributed by atoms with van der Waals surface area (Å²) < 4.78 is 27.3. The van der Waals surface area contributed by atoms with Gasteiger partial charge in [0.1, 0.15) is 4.90 Å². The zero-order valence-corrected chi connectivity index (χ0v) is 13.7. The maximum Gasteiger partial charge on any atom is 0.246 e. The molecule has 2 saturated carbocycles. The van der Waals surface area contributed by atoms with Crippen LogP contribution in [0.25, 0.3) is 0 Å². The third-order valence-electron chi connectivity index (χ3n) is 4.61. The molecule has 0 spiro atoms. The number of H-pyrrole nitrogens is 1. The van der Waals surface area contributed by atoms with Crippen molar-refractivity contribution in [2.24, 2.45) is 5.92 Å². The molecule has 2 N–H and O–H groups in total. The highest BCUT2D eigenvalue weighted by Gasteiger charge is 2.38. The molecule has 1 aromatic rings. The van der Waals surface area contributed by atoms with Crippen molar-refractivity contribution in [1.29, 1.82) is 0 Å². The highest BCUT2D eigenvalue weighted by molar-refractivity contribution is 7.89. The lowest BCUT2D eigenvalue weighted by molar-refractivity contribution is 0.356. The van der Waals surface area contributed by atoms with Crippen LogP contribution < -0.4 is 5.32 Å². The number of nitrogens with zero attached hydrogens (tertiary/aromatic N) is 2. The van der Waals surface area contributed by atoms with E-state index < -0.39 is 10.0 Å². The van der Waals surface area contributed by atoms with Crippen LogP contribution in [0.15, 0.2) is 4.90 Å². The molecule has 21 heavy (non-hydrogen) atoms. The molecule has 2 aliphatic rings. The van der Waals surface area contributed by atoms with Crippen LogP contribution >= 0.6 is 0 Å². The summed E-state index contributed by atoms with van der Waals surface area (Å²) in [5.41, 5.74) is 1.23. The molecule has 0 radical (unpaired) electrons. The molecule has 2 fully saturated rings. The fourth-order valence-corrected chi connectivity index (χ4v) is 4.44. The van der Waals surface area contributed by atoms with Crippen LogP contribution in [0.2, 0.25) is 0 Å². The zero-order chi connectivity index (χ0) is 15.2. The van der Waals surface area contributed by atoms with E-state index in [1.807, 2.05) is 6.92 Å². The summed E-state index contributed by atoms with van der Waals surface area (Å²) in [6.45, 7) is 4.28. The lowest BCUT2D eigenvalue weighted by Crippen LogP contribution is -2.37. The van der Waals surface area contributed by atoms with Crippen LogP contribution in [0, 0.1) is 12.8 Å². The normalized spacial score (nSPS) is 21.0.